The molecule has 5 aliphatic carbocycles. The second-order valence-corrected chi connectivity index (χ2v) is 23.5. The van der Waals surface area contributed by atoms with Crippen LogP contribution in [0, 0.1) is 57.1 Å². The summed E-state index contributed by atoms with van der Waals surface area (Å²) < 4.78 is 16.3. The van der Waals surface area contributed by atoms with Gasteiger partial charge in [0.2, 0.25) is 0 Å². The van der Waals surface area contributed by atoms with Gasteiger partial charge in [-0.2, -0.15) is 0 Å². The van der Waals surface area contributed by atoms with E-state index < -0.39 is 18.0 Å². The molecule has 5 aliphatic rings. The Balaban J connectivity index is 1.00. The van der Waals surface area contributed by atoms with Crippen LogP contribution >= 0.6 is 0 Å². The Morgan fingerprint density at radius 3 is 2.39 bits per heavy atom. The third-order valence-electron chi connectivity index (χ3n) is 16.3. The van der Waals surface area contributed by atoms with Crippen LogP contribution in [0.3, 0.4) is 0 Å². The van der Waals surface area contributed by atoms with E-state index in [9.17, 15) is 24.2 Å². The molecule has 7 rings (SSSR count). The van der Waals surface area contributed by atoms with Crippen LogP contribution in [0.15, 0.2) is 52.6 Å². The van der Waals surface area contributed by atoms with E-state index in [0.717, 1.165) is 50.2 Å². The van der Waals surface area contributed by atoms with E-state index in [1.165, 1.54) is 41.4 Å². The van der Waals surface area contributed by atoms with Crippen LogP contribution < -0.4 is 31.8 Å². The van der Waals surface area contributed by atoms with Crippen molar-refractivity contribution in [3.8, 4) is 0 Å². The molecule has 2 aromatic carbocycles. The molecule has 11 atom stereocenters. The number of halogens is 2. The van der Waals surface area contributed by atoms with E-state index in [1.807, 2.05) is 24.3 Å². The average Bonchev–Trinajstić information content (AvgIpc) is 3.53. The van der Waals surface area contributed by atoms with Crippen molar-refractivity contribution in [2.75, 3.05) is 13.1 Å². The zero-order valence-electron chi connectivity index (χ0n) is 34.2. The van der Waals surface area contributed by atoms with Gasteiger partial charge in [0.1, 0.15) is 5.82 Å². The Morgan fingerprint density at radius 2 is 1.66 bits per heavy atom. The summed E-state index contributed by atoms with van der Waals surface area (Å²) in [6.07, 6.45) is 11.0. The zero-order chi connectivity index (χ0) is 40.2. The number of amides is 1. The fourth-order valence-corrected chi connectivity index (χ4v) is 17.3. The first-order valence-electron chi connectivity index (χ1n) is 21.3. The number of alkyl halides is 1. The van der Waals surface area contributed by atoms with Gasteiger partial charge >= 0.3 is 284 Å². The summed E-state index contributed by atoms with van der Waals surface area (Å²) in [7, 11) is 0. The maximum atomic E-state index is 14.6. The molecule has 2 aromatic rings. The number of aliphatic hydroxyl groups excluding tert-OH is 2. The van der Waals surface area contributed by atoms with Crippen LogP contribution in [0.1, 0.15) is 132 Å². The molecule has 11 unspecified atom stereocenters. The molecular weight excluding hydrogens is 818 g/mol. The van der Waals surface area contributed by atoms with Crippen molar-refractivity contribution < 1.29 is 50.5 Å². The Labute approximate surface area is 344 Å². The summed E-state index contributed by atoms with van der Waals surface area (Å²) in [6.45, 7) is 17.3. The van der Waals surface area contributed by atoms with Crippen LogP contribution in [0.25, 0.3) is 0 Å². The Kier molecular flexibility index (Phi) is 12.0. The minimum atomic E-state index is -1.17. The summed E-state index contributed by atoms with van der Waals surface area (Å²) >= 11 is -0.211. The van der Waals surface area contributed by atoms with Gasteiger partial charge in [-0.25, -0.2) is 9.18 Å². The summed E-state index contributed by atoms with van der Waals surface area (Å²) in [6, 6.07) is 11.7. The number of hydrogen-bond donors (Lipinski definition) is 5. The van der Waals surface area contributed by atoms with Gasteiger partial charge in [-0.1, -0.05) is 6.07 Å². The van der Waals surface area contributed by atoms with Crippen LogP contribution in [0.2, 0.25) is 0 Å². The van der Waals surface area contributed by atoms with Crippen molar-refractivity contribution in [3.63, 3.8) is 0 Å². The molecule has 0 saturated heterocycles. The number of rotatable bonds is 12. The standard InChI is InChI=1S/C47H65FIN2O5/c1-28(2)49-36-15-23-47(22-14-34-33(40(36)47)12-13-38-45(34,5)20-16-37-44(3,4)39(52)17-21-46(37,38)6)43(56)51-24-18-29-8-7-9-31(26-29)41(53)50-25-19-30-10-11-32(42(54)55)27-35(30)48/h7-11,26-27,33-34,36-41,50,52-53H,1,12-25H2,2-6H3,(H,51,56)(H,54,55)/q-1. The average molecular weight is 884 g/mol. The predicted octanol–water partition coefficient (Wildman–Crippen LogP) is 5.43. The monoisotopic (exact) mass is 883 g/mol. The van der Waals surface area contributed by atoms with Crippen molar-refractivity contribution >= 4 is 11.9 Å². The third kappa shape index (κ3) is 7.42. The number of carboxylic acid groups (broad SMARTS) is 1. The SMILES string of the molecule is C=C(C)[I-]C1CCC2(C(=O)NCCc3cccc(C(O)NCCc4ccc(C(=O)O)cc4F)c3)CCC3C(CCC4C3(C)CCC3C(C)(C)C(O)CCC34C)C12. The summed E-state index contributed by atoms with van der Waals surface area (Å²) in [4.78, 5) is 25.8. The van der Waals surface area contributed by atoms with Crippen molar-refractivity contribution in [1.82, 2.24) is 10.6 Å². The molecule has 5 saturated carbocycles. The molecule has 56 heavy (non-hydrogen) atoms. The van der Waals surface area contributed by atoms with Crippen molar-refractivity contribution in [2.45, 2.75) is 128 Å². The Hall–Kier alpha value is -2.34. The van der Waals surface area contributed by atoms with Crippen molar-refractivity contribution in [2.24, 2.45) is 51.2 Å². The van der Waals surface area contributed by atoms with Crippen LogP contribution in [-0.2, 0) is 17.6 Å². The van der Waals surface area contributed by atoms with E-state index >= 15 is 0 Å². The first kappa shape index (κ1) is 41.8. The molecule has 7 nitrogen and oxygen atoms in total. The maximum absolute atomic E-state index is 14.6. The van der Waals surface area contributed by atoms with Gasteiger partial charge in [0, 0.05) is 6.54 Å². The number of carbonyl (C=O) groups is 2. The third-order valence-corrected chi connectivity index (χ3v) is 19.5. The van der Waals surface area contributed by atoms with Crippen LogP contribution in [-0.4, -0.2) is 50.3 Å². The number of fused-ring (bicyclic) bond motifs is 7. The van der Waals surface area contributed by atoms with Gasteiger partial charge in [-0.15, -0.1) is 0 Å². The van der Waals surface area contributed by atoms with Gasteiger partial charge in [-0.05, 0) is 24.1 Å². The molecule has 308 valence electrons. The Morgan fingerprint density at radius 1 is 0.911 bits per heavy atom. The van der Waals surface area contributed by atoms with Crippen molar-refractivity contribution in [3.05, 3.63) is 80.7 Å². The molecule has 0 aliphatic heterocycles. The first-order chi connectivity index (χ1) is 26.5. The second kappa shape index (κ2) is 16.0. The number of hydrogen-bond acceptors (Lipinski definition) is 5. The number of allylic oxidation sites excluding steroid dienone is 1. The number of carbonyl (C=O) groups excluding carboxylic acids is 1. The number of aliphatic hydroxyl groups is 2. The molecule has 0 aromatic heterocycles. The normalized spacial score (nSPS) is 36.4. The van der Waals surface area contributed by atoms with Gasteiger partial charge < -0.3 is 5.11 Å². The van der Waals surface area contributed by atoms with E-state index in [1.54, 1.807) is 0 Å². The number of benzene rings is 2. The van der Waals surface area contributed by atoms with Gasteiger partial charge in [0.15, 0.2) is 0 Å². The molecule has 5 fully saturated rings. The first-order valence-corrected chi connectivity index (χ1v) is 23.6. The molecular formula is C47H65FIN2O5-. The molecule has 0 spiro atoms. The summed E-state index contributed by atoms with van der Waals surface area (Å²) in [5, 5.41) is 37.6. The van der Waals surface area contributed by atoms with Crippen LogP contribution in [0.5, 0.6) is 0 Å². The van der Waals surface area contributed by atoms with E-state index in [0.29, 0.717) is 70.6 Å². The van der Waals surface area contributed by atoms with Gasteiger partial charge in [-0.3, -0.25) is 0 Å². The number of nitrogens with one attached hydrogen (secondary N) is 2. The van der Waals surface area contributed by atoms with Gasteiger partial charge in [0.25, 0.3) is 0 Å². The van der Waals surface area contributed by atoms with Crippen LogP contribution in [0.4, 0.5) is 4.39 Å². The zero-order valence-corrected chi connectivity index (χ0v) is 36.3. The number of aromatic carboxylic acids is 1. The fourth-order valence-electron chi connectivity index (χ4n) is 13.7. The number of carboxylic acids is 1. The predicted molar refractivity (Wildman–Crippen MR) is 214 cm³/mol. The fraction of sp³-hybridized carbons (Fsp3) is 0.660. The molecule has 5 N–H and O–H groups in total. The molecule has 1 amide bonds. The van der Waals surface area contributed by atoms with E-state index in [2.05, 4.69) is 51.8 Å². The van der Waals surface area contributed by atoms with Crippen molar-refractivity contribution in [1.29, 1.82) is 0 Å². The molecule has 0 heterocycles. The quantitative estimate of drug-likeness (QED) is 0.110. The summed E-state index contributed by atoms with van der Waals surface area (Å²) in [5.74, 6) is 1.39. The second-order valence-electron chi connectivity index (χ2n) is 19.4. The molecule has 9 heteroatoms. The summed E-state index contributed by atoms with van der Waals surface area (Å²) in [5.41, 5.74) is 2.21. The Bertz CT molecular complexity index is 1820. The minimum absolute atomic E-state index is 0.0475. The van der Waals surface area contributed by atoms with E-state index in [4.69, 9.17) is 5.11 Å². The topological polar surface area (TPSA) is 119 Å². The van der Waals surface area contributed by atoms with Gasteiger partial charge in [0.05, 0.1) is 5.56 Å². The van der Waals surface area contributed by atoms with E-state index in [-0.39, 0.29) is 60.4 Å². The molecule has 0 bridgehead atoms. The molecule has 0 radical (unpaired) electrons.